The lowest BCUT2D eigenvalue weighted by atomic mass is 10.3. The average Bonchev–Trinajstić information content (AvgIpc) is 2.54. The first-order valence-corrected chi connectivity index (χ1v) is 7.74. The Labute approximate surface area is 127 Å². The number of ether oxygens (including phenoxy) is 1. The zero-order chi connectivity index (χ0) is 16.3. The van der Waals surface area contributed by atoms with Gasteiger partial charge in [0.1, 0.15) is 10.6 Å². The maximum absolute atomic E-state index is 12.8. The fourth-order valence-electron chi connectivity index (χ4n) is 2.01. The first-order chi connectivity index (χ1) is 10.4. The third kappa shape index (κ3) is 2.73. The molecule has 0 aliphatic rings. The van der Waals surface area contributed by atoms with E-state index in [0.29, 0.717) is 11.4 Å². The SMILES string of the molecule is CNc1ccc(OC)cc1S(=O)(=O)c1ccccc1[N+](=O)[O-]. The largest absolute Gasteiger partial charge is 0.497 e. The molecule has 0 heterocycles. The summed E-state index contributed by atoms with van der Waals surface area (Å²) in [4.78, 5) is 9.93. The van der Waals surface area contributed by atoms with Gasteiger partial charge < -0.3 is 10.1 Å². The van der Waals surface area contributed by atoms with Crippen molar-refractivity contribution < 1.29 is 18.1 Å². The molecule has 8 heteroatoms. The quantitative estimate of drug-likeness (QED) is 0.670. The molecule has 2 aromatic carbocycles. The Morgan fingerprint density at radius 3 is 2.41 bits per heavy atom. The van der Waals surface area contributed by atoms with Crippen LogP contribution in [0.5, 0.6) is 5.75 Å². The number of sulfone groups is 1. The molecule has 0 saturated carbocycles. The summed E-state index contributed by atoms with van der Waals surface area (Å²) in [7, 11) is -1.09. The molecular weight excluding hydrogens is 308 g/mol. The van der Waals surface area contributed by atoms with Crippen molar-refractivity contribution in [2.75, 3.05) is 19.5 Å². The van der Waals surface area contributed by atoms with Crippen LogP contribution in [-0.2, 0) is 9.84 Å². The average molecular weight is 322 g/mol. The van der Waals surface area contributed by atoms with E-state index >= 15 is 0 Å². The lowest BCUT2D eigenvalue weighted by Gasteiger charge is -2.12. The summed E-state index contributed by atoms with van der Waals surface area (Å²) in [5.74, 6) is 0.344. The van der Waals surface area contributed by atoms with Gasteiger partial charge in [-0.25, -0.2) is 8.42 Å². The Bertz CT molecular complexity index is 818. The van der Waals surface area contributed by atoms with Crippen molar-refractivity contribution in [1.29, 1.82) is 0 Å². The number of benzene rings is 2. The van der Waals surface area contributed by atoms with E-state index in [1.807, 2.05) is 0 Å². The number of anilines is 1. The van der Waals surface area contributed by atoms with Gasteiger partial charge in [-0.2, -0.15) is 0 Å². The molecule has 1 N–H and O–H groups in total. The fourth-order valence-corrected chi connectivity index (χ4v) is 3.66. The van der Waals surface area contributed by atoms with E-state index < -0.39 is 20.4 Å². The van der Waals surface area contributed by atoms with Crippen molar-refractivity contribution in [2.24, 2.45) is 0 Å². The summed E-state index contributed by atoms with van der Waals surface area (Å²) in [6.45, 7) is 0. The van der Waals surface area contributed by atoms with Crippen molar-refractivity contribution in [3.05, 3.63) is 52.6 Å². The van der Waals surface area contributed by atoms with Crippen LogP contribution in [0.2, 0.25) is 0 Å². The lowest BCUT2D eigenvalue weighted by molar-refractivity contribution is -0.387. The van der Waals surface area contributed by atoms with Crippen molar-refractivity contribution in [3.63, 3.8) is 0 Å². The van der Waals surface area contributed by atoms with Gasteiger partial charge in [-0.1, -0.05) is 12.1 Å². The van der Waals surface area contributed by atoms with E-state index in [9.17, 15) is 18.5 Å². The summed E-state index contributed by atoms with van der Waals surface area (Å²) < 4.78 is 30.7. The highest BCUT2D eigenvalue weighted by atomic mass is 32.2. The van der Waals surface area contributed by atoms with Gasteiger partial charge in [0, 0.05) is 19.2 Å². The van der Waals surface area contributed by atoms with Gasteiger partial charge in [-0.3, -0.25) is 10.1 Å². The van der Waals surface area contributed by atoms with E-state index in [-0.39, 0.29) is 9.79 Å². The molecule has 0 saturated heterocycles. The molecule has 2 aromatic rings. The molecule has 0 aromatic heterocycles. The molecule has 0 unspecified atom stereocenters. The number of hydrogen-bond acceptors (Lipinski definition) is 6. The van der Waals surface area contributed by atoms with Gasteiger partial charge in [0.15, 0.2) is 0 Å². The minimum atomic E-state index is -4.07. The Kier molecular flexibility index (Phi) is 4.32. The molecule has 0 aliphatic carbocycles. The van der Waals surface area contributed by atoms with Crippen LogP contribution in [0.15, 0.2) is 52.3 Å². The van der Waals surface area contributed by atoms with E-state index in [1.165, 1.54) is 31.4 Å². The molecule has 0 amide bonds. The monoisotopic (exact) mass is 322 g/mol. The number of methoxy groups -OCH3 is 1. The van der Waals surface area contributed by atoms with Crippen LogP contribution in [0.25, 0.3) is 0 Å². The predicted molar refractivity (Wildman–Crippen MR) is 81.1 cm³/mol. The smallest absolute Gasteiger partial charge is 0.288 e. The molecule has 22 heavy (non-hydrogen) atoms. The second kappa shape index (κ2) is 6.02. The number of nitro groups is 1. The Hall–Kier alpha value is -2.61. The van der Waals surface area contributed by atoms with Gasteiger partial charge in [0.2, 0.25) is 9.84 Å². The highest BCUT2D eigenvalue weighted by Gasteiger charge is 2.29. The normalized spacial score (nSPS) is 11.0. The number of nitro benzene ring substituents is 1. The molecule has 0 spiro atoms. The highest BCUT2D eigenvalue weighted by Crippen LogP contribution is 2.34. The van der Waals surface area contributed by atoms with E-state index in [1.54, 1.807) is 19.2 Å². The number of para-hydroxylation sites is 1. The van der Waals surface area contributed by atoms with Crippen molar-refractivity contribution in [3.8, 4) is 5.75 Å². The first kappa shape index (κ1) is 15.8. The van der Waals surface area contributed by atoms with Crippen LogP contribution < -0.4 is 10.1 Å². The van der Waals surface area contributed by atoms with Gasteiger partial charge in [0.25, 0.3) is 5.69 Å². The molecule has 2 rings (SSSR count). The summed E-state index contributed by atoms with van der Waals surface area (Å²) in [6, 6.07) is 9.71. The lowest BCUT2D eigenvalue weighted by Crippen LogP contribution is -2.08. The minimum absolute atomic E-state index is 0.0800. The van der Waals surface area contributed by atoms with Gasteiger partial charge in [-0.15, -0.1) is 0 Å². The van der Waals surface area contributed by atoms with Gasteiger partial charge in [-0.05, 0) is 18.2 Å². The molecule has 0 fully saturated rings. The summed E-state index contributed by atoms with van der Waals surface area (Å²) in [5.41, 5.74) is -0.133. The van der Waals surface area contributed by atoms with Crippen molar-refractivity contribution in [1.82, 2.24) is 0 Å². The van der Waals surface area contributed by atoms with Crippen LogP contribution >= 0.6 is 0 Å². The molecular formula is C14H14N2O5S. The second-order valence-electron chi connectivity index (χ2n) is 4.34. The standard InChI is InChI=1S/C14H14N2O5S/c1-15-11-8-7-10(21-2)9-14(11)22(19,20)13-6-4-3-5-12(13)16(17)18/h3-9,15H,1-2H3. The topological polar surface area (TPSA) is 98.5 Å². The van der Waals surface area contributed by atoms with Crippen molar-refractivity contribution in [2.45, 2.75) is 9.79 Å². The van der Waals surface area contributed by atoms with Crippen LogP contribution in [0.1, 0.15) is 0 Å². The zero-order valence-corrected chi connectivity index (χ0v) is 12.8. The number of nitrogens with zero attached hydrogens (tertiary/aromatic N) is 1. The third-order valence-corrected chi connectivity index (χ3v) is 4.94. The maximum atomic E-state index is 12.8. The molecule has 0 bridgehead atoms. The number of rotatable bonds is 5. The maximum Gasteiger partial charge on any atom is 0.288 e. The van der Waals surface area contributed by atoms with E-state index in [0.717, 1.165) is 6.07 Å². The second-order valence-corrected chi connectivity index (χ2v) is 6.23. The number of nitrogens with one attached hydrogen (secondary N) is 1. The van der Waals surface area contributed by atoms with Crippen LogP contribution in [0, 0.1) is 10.1 Å². The third-order valence-electron chi connectivity index (χ3n) is 3.10. The molecule has 0 aliphatic heterocycles. The Morgan fingerprint density at radius 2 is 1.82 bits per heavy atom. The first-order valence-electron chi connectivity index (χ1n) is 6.26. The Morgan fingerprint density at radius 1 is 1.14 bits per heavy atom. The van der Waals surface area contributed by atoms with Crippen LogP contribution in [0.4, 0.5) is 11.4 Å². The van der Waals surface area contributed by atoms with Crippen molar-refractivity contribution >= 4 is 21.2 Å². The van der Waals surface area contributed by atoms with Crippen LogP contribution in [0.3, 0.4) is 0 Å². The number of hydrogen-bond donors (Lipinski definition) is 1. The minimum Gasteiger partial charge on any atom is -0.497 e. The van der Waals surface area contributed by atoms with Gasteiger partial charge >= 0.3 is 0 Å². The summed E-state index contributed by atoms with van der Waals surface area (Å²) in [5, 5.41) is 13.8. The van der Waals surface area contributed by atoms with E-state index in [2.05, 4.69) is 5.32 Å². The molecule has 0 atom stereocenters. The van der Waals surface area contributed by atoms with Crippen LogP contribution in [-0.4, -0.2) is 27.5 Å². The predicted octanol–water partition coefficient (Wildman–Crippen LogP) is 2.48. The fraction of sp³-hybridized carbons (Fsp3) is 0.143. The zero-order valence-electron chi connectivity index (χ0n) is 11.9. The Balaban J connectivity index is 2.73. The molecule has 116 valence electrons. The summed E-state index contributed by atoms with van der Waals surface area (Å²) >= 11 is 0. The summed E-state index contributed by atoms with van der Waals surface area (Å²) in [6.07, 6.45) is 0. The molecule has 7 nitrogen and oxygen atoms in total. The molecule has 0 radical (unpaired) electrons. The van der Waals surface area contributed by atoms with Gasteiger partial charge in [0.05, 0.1) is 22.6 Å². The van der Waals surface area contributed by atoms with E-state index in [4.69, 9.17) is 4.74 Å². The highest BCUT2D eigenvalue weighted by molar-refractivity contribution is 7.91.